The molecule has 1 fully saturated rings. The largest absolute Gasteiger partial charge is 0.427 e. The molecule has 0 aromatic carbocycles. The van der Waals surface area contributed by atoms with E-state index in [1.54, 1.807) is 4.68 Å². The predicted molar refractivity (Wildman–Crippen MR) is 74.5 cm³/mol. The number of halogens is 3. The second-order valence-corrected chi connectivity index (χ2v) is 6.22. The minimum atomic E-state index is -4.30. The van der Waals surface area contributed by atoms with Crippen molar-refractivity contribution in [3.05, 3.63) is 29.0 Å². The van der Waals surface area contributed by atoms with Gasteiger partial charge >= 0.3 is 6.18 Å². The van der Waals surface area contributed by atoms with Gasteiger partial charge in [0.1, 0.15) is 4.88 Å². The number of anilines is 1. The van der Waals surface area contributed by atoms with Crippen molar-refractivity contribution in [1.29, 1.82) is 0 Å². The molecular weight excluding hydrogens is 301 g/mol. The maximum atomic E-state index is 12.6. The van der Waals surface area contributed by atoms with Gasteiger partial charge in [-0.1, -0.05) is 11.3 Å². The molecular formula is C13H15F3N4S. The summed E-state index contributed by atoms with van der Waals surface area (Å²) in [5, 5.41) is 4.63. The molecule has 4 nitrogen and oxygen atoms in total. The van der Waals surface area contributed by atoms with Crippen molar-refractivity contribution in [2.45, 2.75) is 24.9 Å². The second-order valence-electron chi connectivity index (χ2n) is 5.21. The maximum Gasteiger partial charge on any atom is 0.427 e. The van der Waals surface area contributed by atoms with E-state index in [-0.39, 0.29) is 0 Å². The third-order valence-electron chi connectivity index (χ3n) is 3.73. The highest BCUT2D eigenvalue weighted by molar-refractivity contribution is 7.15. The third kappa shape index (κ3) is 3.04. The van der Waals surface area contributed by atoms with Gasteiger partial charge in [0, 0.05) is 26.3 Å². The summed E-state index contributed by atoms with van der Waals surface area (Å²) in [6.45, 7) is 1.45. The van der Waals surface area contributed by atoms with E-state index in [1.165, 1.54) is 5.56 Å². The van der Waals surface area contributed by atoms with Crippen LogP contribution in [-0.4, -0.2) is 27.9 Å². The lowest BCUT2D eigenvalue weighted by Crippen LogP contribution is -2.32. The summed E-state index contributed by atoms with van der Waals surface area (Å²) in [5.41, 5.74) is 1.20. The molecule has 0 bridgehead atoms. The molecule has 0 amide bonds. The molecule has 0 saturated carbocycles. The van der Waals surface area contributed by atoms with Crippen LogP contribution in [0.3, 0.4) is 0 Å². The van der Waals surface area contributed by atoms with Gasteiger partial charge in [0.25, 0.3) is 0 Å². The van der Waals surface area contributed by atoms with Gasteiger partial charge in [0.2, 0.25) is 0 Å². The maximum absolute atomic E-state index is 12.6. The Kier molecular flexibility index (Phi) is 3.64. The number of hydrogen-bond donors (Lipinski definition) is 0. The number of piperidine rings is 1. The number of alkyl halides is 3. The van der Waals surface area contributed by atoms with E-state index in [0.29, 0.717) is 11.0 Å². The summed E-state index contributed by atoms with van der Waals surface area (Å²) in [4.78, 5) is 5.22. The number of nitrogens with zero attached hydrogens (tertiary/aromatic N) is 4. The number of aryl methyl sites for hydroxylation is 1. The molecule has 0 spiro atoms. The zero-order valence-electron chi connectivity index (χ0n) is 11.5. The normalized spacial score (nSPS) is 17.4. The van der Waals surface area contributed by atoms with Crippen LogP contribution in [0.2, 0.25) is 0 Å². The van der Waals surface area contributed by atoms with E-state index in [1.807, 2.05) is 24.3 Å². The molecule has 1 saturated heterocycles. The fourth-order valence-electron chi connectivity index (χ4n) is 2.60. The number of hydrogen-bond acceptors (Lipinski definition) is 4. The van der Waals surface area contributed by atoms with Crippen LogP contribution in [0.4, 0.5) is 18.3 Å². The molecule has 0 aliphatic carbocycles. The highest BCUT2D eigenvalue weighted by Gasteiger charge is 2.34. The van der Waals surface area contributed by atoms with Crippen LogP contribution in [0.1, 0.15) is 29.2 Å². The van der Waals surface area contributed by atoms with Crippen LogP contribution < -0.4 is 4.90 Å². The van der Waals surface area contributed by atoms with E-state index in [4.69, 9.17) is 0 Å². The third-order valence-corrected chi connectivity index (χ3v) is 4.84. The van der Waals surface area contributed by atoms with Crippen molar-refractivity contribution in [2.24, 2.45) is 7.05 Å². The molecule has 21 heavy (non-hydrogen) atoms. The summed E-state index contributed by atoms with van der Waals surface area (Å²) in [6, 6.07) is 0. The Hall–Kier alpha value is -1.57. The molecule has 3 rings (SSSR count). The topological polar surface area (TPSA) is 34.0 Å². The van der Waals surface area contributed by atoms with Crippen molar-refractivity contribution >= 4 is 16.5 Å². The summed E-state index contributed by atoms with van der Waals surface area (Å²) >= 11 is 0.721. The predicted octanol–water partition coefficient (Wildman–Crippen LogP) is 3.28. The van der Waals surface area contributed by atoms with Gasteiger partial charge in [0.15, 0.2) is 5.13 Å². The monoisotopic (exact) mass is 316 g/mol. The van der Waals surface area contributed by atoms with E-state index in [2.05, 4.69) is 10.1 Å². The smallest absolute Gasteiger partial charge is 0.348 e. The van der Waals surface area contributed by atoms with Crippen molar-refractivity contribution in [1.82, 2.24) is 14.8 Å². The first-order valence-electron chi connectivity index (χ1n) is 6.70. The van der Waals surface area contributed by atoms with Crippen molar-refractivity contribution in [3.8, 4) is 0 Å². The molecule has 2 aromatic heterocycles. The Labute approximate surface area is 124 Å². The molecule has 8 heteroatoms. The van der Waals surface area contributed by atoms with Gasteiger partial charge < -0.3 is 4.90 Å². The number of aromatic nitrogens is 3. The lowest BCUT2D eigenvalue weighted by molar-refractivity contribution is -0.134. The van der Waals surface area contributed by atoms with Crippen molar-refractivity contribution in [2.75, 3.05) is 18.0 Å². The number of rotatable bonds is 2. The van der Waals surface area contributed by atoms with Crippen LogP contribution in [-0.2, 0) is 13.2 Å². The fraction of sp³-hybridized carbons (Fsp3) is 0.538. The Morgan fingerprint density at radius 3 is 2.48 bits per heavy atom. The van der Waals surface area contributed by atoms with Crippen molar-refractivity contribution < 1.29 is 13.2 Å². The van der Waals surface area contributed by atoms with Crippen LogP contribution in [0.5, 0.6) is 0 Å². The minimum absolute atomic E-state index is 0.428. The van der Waals surface area contributed by atoms with Gasteiger partial charge in [-0.2, -0.15) is 18.3 Å². The van der Waals surface area contributed by atoms with E-state index >= 15 is 0 Å². The van der Waals surface area contributed by atoms with Crippen LogP contribution in [0.15, 0.2) is 18.6 Å². The van der Waals surface area contributed by atoms with Gasteiger partial charge in [-0.05, 0) is 24.3 Å². The highest BCUT2D eigenvalue weighted by Crippen LogP contribution is 2.38. The first-order valence-corrected chi connectivity index (χ1v) is 7.51. The Morgan fingerprint density at radius 2 is 1.95 bits per heavy atom. The molecule has 2 aromatic rings. The summed E-state index contributed by atoms with van der Waals surface area (Å²) in [5.74, 6) is 0.428. The standard InChI is InChI=1S/C13H15F3N4S/c1-19-8-10(6-18-19)9-2-4-20(5-3-9)12-17-7-11(21-12)13(14,15)16/h6-9H,2-5H2,1H3. The summed E-state index contributed by atoms with van der Waals surface area (Å²) in [6.07, 6.45) is 2.31. The van der Waals surface area contributed by atoms with Crippen molar-refractivity contribution in [3.63, 3.8) is 0 Å². The molecule has 114 valence electrons. The van der Waals surface area contributed by atoms with E-state index < -0.39 is 11.1 Å². The van der Waals surface area contributed by atoms with Crippen LogP contribution >= 0.6 is 11.3 Å². The zero-order valence-corrected chi connectivity index (χ0v) is 12.3. The average Bonchev–Trinajstić information content (AvgIpc) is 3.07. The Balaban J connectivity index is 1.64. The first kappa shape index (κ1) is 14.4. The van der Waals surface area contributed by atoms with Gasteiger partial charge in [0.05, 0.1) is 12.4 Å². The average molecular weight is 316 g/mol. The summed E-state index contributed by atoms with van der Waals surface area (Å²) < 4.78 is 39.6. The molecule has 0 N–H and O–H groups in total. The molecule has 0 atom stereocenters. The molecule has 0 radical (unpaired) electrons. The molecule has 1 aliphatic heterocycles. The quantitative estimate of drug-likeness (QED) is 0.852. The first-order chi connectivity index (χ1) is 9.93. The lowest BCUT2D eigenvalue weighted by Gasteiger charge is -2.31. The van der Waals surface area contributed by atoms with Gasteiger partial charge in [-0.15, -0.1) is 0 Å². The molecule has 3 heterocycles. The van der Waals surface area contributed by atoms with E-state index in [9.17, 15) is 13.2 Å². The Morgan fingerprint density at radius 1 is 1.24 bits per heavy atom. The van der Waals surface area contributed by atoms with Gasteiger partial charge in [-0.3, -0.25) is 4.68 Å². The van der Waals surface area contributed by atoms with Crippen LogP contribution in [0.25, 0.3) is 0 Å². The zero-order chi connectivity index (χ0) is 15.0. The summed E-state index contributed by atoms with van der Waals surface area (Å²) in [7, 11) is 1.88. The Bertz CT molecular complexity index is 611. The number of thiazole rings is 1. The minimum Gasteiger partial charge on any atom is -0.348 e. The molecule has 0 unspecified atom stereocenters. The highest BCUT2D eigenvalue weighted by atomic mass is 32.1. The fourth-order valence-corrected chi connectivity index (χ4v) is 3.43. The second kappa shape index (κ2) is 5.32. The van der Waals surface area contributed by atoms with E-state index in [0.717, 1.165) is 43.5 Å². The lowest BCUT2D eigenvalue weighted by atomic mass is 9.92. The van der Waals surface area contributed by atoms with Crippen LogP contribution in [0, 0.1) is 0 Å². The van der Waals surface area contributed by atoms with Gasteiger partial charge in [-0.25, -0.2) is 4.98 Å². The molecule has 1 aliphatic rings. The SMILES string of the molecule is Cn1cc(C2CCN(c3ncc(C(F)(F)F)s3)CC2)cn1.